The summed E-state index contributed by atoms with van der Waals surface area (Å²) in [7, 11) is -3.75. The second-order valence-corrected chi connectivity index (χ2v) is 7.47. The van der Waals surface area contributed by atoms with Crippen LogP contribution >= 0.6 is 11.6 Å². The summed E-state index contributed by atoms with van der Waals surface area (Å²) in [4.78, 5) is 0.115. The van der Waals surface area contributed by atoms with Crippen LogP contribution in [0.25, 0.3) is 0 Å². The number of halogens is 1. The molecule has 0 amide bonds. The first-order valence-electron chi connectivity index (χ1n) is 6.77. The third-order valence-electron chi connectivity index (χ3n) is 3.51. The Morgan fingerprint density at radius 1 is 1.14 bits per heavy atom. The number of hydrogen-bond donors (Lipinski definition) is 2. The minimum Gasteiger partial charge on any atom is -0.384 e. The van der Waals surface area contributed by atoms with E-state index < -0.39 is 15.6 Å². The molecule has 22 heavy (non-hydrogen) atoms. The molecule has 2 rings (SSSR count). The van der Waals surface area contributed by atoms with E-state index in [-0.39, 0.29) is 11.4 Å². The zero-order chi connectivity index (χ0) is 16.4. The summed E-state index contributed by atoms with van der Waals surface area (Å²) >= 11 is 5.96. The van der Waals surface area contributed by atoms with Crippen molar-refractivity contribution in [2.75, 3.05) is 6.54 Å². The molecule has 0 aliphatic carbocycles. The maximum Gasteiger partial charge on any atom is 0.240 e. The number of aliphatic hydroxyl groups is 1. The van der Waals surface area contributed by atoms with E-state index in [1.807, 2.05) is 6.07 Å². The fraction of sp³-hybridized carbons (Fsp3) is 0.250. The van der Waals surface area contributed by atoms with Gasteiger partial charge in [0.05, 0.1) is 4.90 Å². The molecule has 4 nitrogen and oxygen atoms in total. The third-order valence-corrected chi connectivity index (χ3v) is 5.46. The van der Waals surface area contributed by atoms with Gasteiger partial charge in [-0.25, -0.2) is 13.1 Å². The molecular formula is C16H18ClNO3S. The minimum absolute atomic E-state index is 0.115. The smallest absolute Gasteiger partial charge is 0.240 e. The van der Waals surface area contributed by atoms with Crippen molar-refractivity contribution >= 4 is 21.6 Å². The lowest BCUT2D eigenvalue weighted by Gasteiger charge is -2.24. The summed E-state index contributed by atoms with van der Waals surface area (Å²) < 4.78 is 27.3. The fourth-order valence-electron chi connectivity index (χ4n) is 2.09. The van der Waals surface area contributed by atoms with Crippen LogP contribution in [0.2, 0.25) is 5.02 Å². The molecule has 0 saturated heterocycles. The van der Waals surface area contributed by atoms with Gasteiger partial charge in [0.25, 0.3) is 0 Å². The minimum atomic E-state index is -3.75. The normalized spacial score (nSPS) is 14.5. The highest BCUT2D eigenvalue weighted by molar-refractivity contribution is 7.89. The van der Waals surface area contributed by atoms with Gasteiger partial charge in [0.15, 0.2) is 0 Å². The first-order chi connectivity index (χ1) is 10.2. The topological polar surface area (TPSA) is 66.4 Å². The Hall–Kier alpha value is -1.40. The van der Waals surface area contributed by atoms with E-state index in [4.69, 9.17) is 11.6 Å². The van der Waals surface area contributed by atoms with E-state index in [0.717, 1.165) is 0 Å². The predicted octanol–water partition coefficient (Wildman–Crippen LogP) is 2.83. The molecule has 6 heteroatoms. The number of rotatable bonds is 5. The van der Waals surface area contributed by atoms with E-state index in [9.17, 15) is 13.5 Å². The van der Waals surface area contributed by atoms with Crippen molar-refractivity contribution in [2.45, 2.75) is 24.3 Å². The van der Waals surface area contributed by atoms with Crippen LogP contribution in [0.3, 0.4) is 0 Å². The molecule has 0 aliphatic heterocycles. The number of hydrogen-bond acceptors (Lipinski definition) is 3. The molecule has 2 N–H and O–H groups in total. The second kappa shape index (κ2) is 6.38. The first-order valence-corrected chi connectivity index (χ1v) is 8.63. The predicted molar refractivity (Wildman–Crippen MR) is 87.4 cm³/mol. The summed E-state index contributed by atoms with van der Waals surface area (Å²) in [6.07, 6.45) is 0. The Labute approximate surface area is 135 Å². The number of benzene rings is 2. The van der Waals surface area contributed by atoms with Gasteiger partial charge in [-0.2, -0.15) is 0 Å². The first kappa shape index (κ1) is 17.0. The molecule has 0 bridgehead atoms. The Morgan fingerprint density at radius 2 is 1.77 bits per heavy atom. The molecular weight excluding hydrogens is 322 g/mol. The van der Waals surface area contributed by atoms with Crippen LogP contribution in [0.5, 0.6) is 0 Å². The number of sulfonamides is 1. The summed E-state index contributed by atoms with van der Waals surface area (Å²) in [5, 5.41) is 10.9. The summed E-state index contributed by atoms with van der Waals surface area (Å²) in [5.41, 5.74) is -0.183. The van der Waals surface area contributed by atoms with Gasteiger partial charge >= 0.3 is 0 Å². The third kappa shape index (κ3) is 3.67. The molecule has 0 aliphatic rings. The SMILES string of the molecule is Cc1c(Cl)cccc1S(=O)(=O)NCC(C)(O)c1ccccc1. The quantitative estimate of drug-likeness (QED) is 0.880. The lowest BCUT2D eigenvalue weighted by atomic mass is 9.97. The van der Waals surface area contributed by atoms with Crippen LogP contribution in [-0.4, -0.2) is 20.1 Å². The van der Waals surface area contributed by atoms with E-state index in [1.54, 1.807) is 50.2 Å². The molecule has 1 atom stereocenters. The Morgan fingerprint density at radius 3 is 2.41 bits per heavy atom. The van der Waals surface area contributed by atoms with Crippen molar-refractivity contribution in [1.29, 1.82) is 0 Å². The van der Waals surface area contributed by atoms with Crippen LogP contribution in [0, 0.1) is 6.92 Å². The Kier molecular flexibility index (Phi) is 4.92. The molecule has 0 radical (unpaired) electrons. The summed E-state index contributed by atoms with van der Waals surface area (Å²) in [6.45, 7) is 3.08. The van der Waals surface area contributed by atoms with Gasteiger partial charge < -0.3 is 5.11 Å². The van der Waals surface area contributed by atoms with Crippen LogP contribution < -0.4 is 4.72 Å². The molecule has 0 saturated carbocycles. The number of nitrogens with one attached hydrogen (secondary N) is 1. The van der Waals surface area contributed by atoms with Crippen molar-refractivity contribution in [1.82, 2.24) is 4.72 Å². The van der Waals surface area contributed by atoms with Crippen LogP contribution in [0.4, 0.5) is 0 Å². The highest BCUT2D eigenvalue weighted by Crippen LogP contribution is 2.24. The van der Waals surface area contributed by atoms with Gasteiger partial charge in [0, 0.05) is 11.6 Å². The molecule has 0 fully saturated rings. The van der Waals surface area contributed by atoms with Gasteiger partial charge in [-0.15, -0.1) is 0 Å². The van der Waals surface area contributed by atoms with Gasteiger partial charge in [-0.3, -0.25) is 0 Å². The maximum absolute atomic E-state index is 12.4. The van der Waals surface area contributed by atoms with Crippen LogP contribution in [-0.2, 0) is 15.6 Å². The highest BCUT2D eigenvalue weighted by atomic mass is 35.5. The average molecular weight is 340 g/mol. The Balaban J connectivity index is 2.22. The lowest BCUT2D eigenvalue weighted by molar-refractivity contribution is 0.0627. The maximum atomic E-state index is 12.4. The fourth-order valence-corrected chi connectivity index (χ4v) is 3.72. The van der Waals surface area contributed by atoms with Crippen LogP contribution in [0.15, 0.2) is 53.4 Å². The van der Waals surface area contributed by atoms with Crippen LogP contribution in [0.1, 0.15) is 18.1 Å². The second-order valence-electron chi connectivity index (χ2n) is 5.33. The Bertz CT molecular complexity index is 758. The van der Waals surface area contributed by atoms with Crippen molar-refractivity contribution in [2.24, 2.45) is 0 Å². The summed E-state index contributed by atoms with van der Waals surface area (Å²) in [6, 6.07) is 13.6. The van der Waals surface area contributed by atoms with E-state index in [1.165, 1.54) is 6.07 Å². The summed E-state index contributed by atoms with van der Waals surface area (Å²) in [5.74, 6) is 0. The molecule has 0 heterocycles. The largest absolute Gasteiger partial charge is 0.384 e. The monoisotopic (exact) mass is 339 g/mol. The lowest BCUT2D eigenvalue weighted by Crippen LogP contribution is -2.38. The van der Waals surface area contributed by atoms with Gasteiger partial charge in [0.2, 0.25) is 10.0 Å². The highest BCUT2D eigenvalue weighted by Gasteiger charge is 2.26. The van der Waals surface area contributed by atoms with E-state index >= 15 is 0 Å². The molecule has 118 valence electrons. The molecule has 2 aromatic carbocycles. The zero-order valence-electron chi connectivity index (χ0n) is 12.4. The van der Waals surface area contributed by atoms with Gasteiger partial charge in [-0.05, 0) is 37.1 Å². The van der Waals surface area contributed by atoms with Crippen molar-refractivity contribution < 1.29 is 13.5 Å². The van der Waals surface area contributed by atoms with Crippen molar-refractivity contribution in [3.05, 3.63) is 64.7 Å². The standard InChI is InChI=1S/C16H18ClNO3S/c1-12-14(17)9-6-10-15(12)22(20,21)18-11-16(2,19)13-7-4-3-5-8-13/h3-10,18-19H,11H2,1-2H3. The molecule has 2 aromatic rings. The zero-order valence-corrected chi connectivity index (χ0v) is 13.9. The van der Waals surface area contributed by atoms with Gasteiger partial charge in [0.1, 0.15) is 5.60 Å². The molecule has 0 spiro atoms. The van der Waals surface area contributed by atoms with E-state index in [2.05, 4.69) is 4.72 Å². The van der Waals surface area contributed by atoms with Crippen molar-refractivity contribution in [3.8, 4) is 0 Å². The van der Waals surface area contributed by atoms with E-state index in [0.29, 0.717) is 16.1 Å². The average Bonchev–Trinajstić information content (AvgIpc) is 2.49. The van der Waals surface area contributed by atoms with Crippen molar-refractivity contribution in [3.63, 3.8) is 0 Å². The molecule has 1 unspecified atom stereocenters. The van der Waals surface area contributed by atoms with Gasteiger partial charge in [-0.1, -0.05) is 48.0 Å². The molecule has 0 aromatic heterocycles.